The molecule has 0 bridgehead atoms. The van der Waals surface area contributed by atoms with Gasteiger partial charge in [0.1, 0.15) is 5.69 Å². The Balaban J connectivity index is 2.00. The maximum absolute atomic E-state index is 10.8. The van der Waals surface area contributed by atoms with Gasteiger partial charge in [0.05, 0.1) is 10.6 Å². The van der Waals surface area contributed by atoms with Crippen LogP contribution in [-0.4, -0.2) is 31.5 Å². The average molecular weight is 291 g/mol. The number of nitrogens with two attached hydrogens (primary N) is 1. The minimum Gasteiger partial charge on any atom is -0.369 e. The highest BCUT2D eigenvalue weighted by Gasteiger charge is 2.10. The molecule has 8 heteroatoms. The first kappa shape index (κ1) is 12.1. The Morgan fingerprint density at radius 2 is 2.26 bits per heavy atom. The molecule has 0 saturated heterocycles. The lowest BCUT2D eigenvalue weighted by Gasteiger charge is -2.00. The number of carbonyl (C=O) groups is 1. The second-order valence-corrected chi connectivity index (χ2v) is 5.59. The van der Waals surface area contributed by atoms with E-state index >= 15 is 0 Å². The monoisotopic (exact) mass is 291 g/mol. The Bertz CT molecular complexity index is 722. The number of amides is 1. The van der Waals surface area contributed by atoms with E-state index in [-0.39, 0.29) is 5.75 Å². The standard InChI is InChI=1S/C11H9N5OS2/c12-9(17)6-19-11-14-13-10-4-3-7(15-16(10)11)8-2-1-5-18-8/h1-5H,6H2,(H2,12,17). The third-order valence-corrected chi connectivity index (χ3v) is 4.19. The second-order valence-electron chi connectivity index (χ2n) is 3.70. The smallest absolute Gasteiger partial charge is 0.227 e. The van der Waals surface area contributed by atoms with E-state index in [0.717, 1.165) is 10.6 Å². The molecule has 1 amide bonds. The Hall–Kier alpha value is -1.93. The number of thioether (sulfide) groups is 1. The number of hydrogen-bond acceptors (Lipinski definition) is 6. The summed E-state index contributed by atoms with van der Waals surface area (Å²) in [4.78, 5) is 11.9. The normalized spacial score (nSPS) is 10.9. The van der Waals surface area contributed by atoms with Crippen LogP contribution in [0.4, 0.5) is 0 Å². The van der Waals surface area contributed by atoms with Gasteiger partial charge in [-0.05, 0) is 23.6 Å². The molecular formula is C11H9N5OS2. The SMILES string of the molecule is NC(=O)CSc1nnc2ccc(-c3cccs3)nn12. The highest BCUT2D eigenvalue weighted by molar-refractivity contribution is 7.99. The van der Waals surface area contributed by atoms with Crippen molar-refractivity contribution in [2.45, 2.75) is 5.16 Å². The minimum atomic E-state index is -0.392. The van der Waals surface area contributed by atoms with Crippen LogP contribution in [0, 0.1) is 0 Å². The van der Waals surface area contributed by atoms with Crippen molar-refractivity contribution in [3.05, 3.63) is 29.6 Å². The zero-order valence-electron chi connectivity index (χ0n) is 9.68. The number of hydrogen-bond donors (Lipinski definition) is 1. The van der Waals surface area contributed by atoms with Crippen LogP contribution < -0.4 is 5.73 Å². The molecule has 3 heterocycles. The first-order valence-electron chi connectivity index (χ1n) is 5.41. The van der Waals surface area contributed by atoms with Gasteiger partial charge in [-0.3, -0.25) is 4.79 Å². The summed E-state index contributed by atoms with van der Waals surface area (Å²) in [6, 6.07) is 7.72. The van der Waals surface area contributed by atoms with Crippen LogP contribution in [-0.2, 0) is 4.79 Å². The Labute approximate surface area is 116 Å². The highest BCUT2D eigenvalue weighted by Crippen LogP contribution is 2.23. The van der Waals surface area contributed by atoms with Crippen molar-refractivity contribution in [1.29, 1.82) is 0 Å². The number of carbonyl (C=O) groups excluding carboxylic acids is 1. The summed E-state index contributed by atoms with van der Waals surface area (Å²) >= 11 is 2.84. The predicted molar refractivity (Wildman–Crippen MR) is 74.0 cm³/mol. The van der Waals surface area contributed by atoms with Crippen LogP contribution >= 0.6 is 23.1 Å². The van der Waals surface area contributed by atoms with Gasteiger partial charge in [-0.25, -0.2) is 0 Å². The van der Waals surface area contributed by atoms with E-state index in [1.807, 2.05) is 29.6 Å². The molecule has 0 aliphatic rings. The van der Waals surface area contributed by atoms with E-state index in [1.165, 1.54) is 11.8 Å². The van der Waals surface area contributed by atoms with Gasteiger partial charge in [0.25, 0.3) is 0 Å². The molecule has 3 aromatic heterocycles. The van der Waals surface area contributed by atoms with E-state index in [1.54, 1.807) is 15.9 Å². The number of thiophene rings is 1. The van der Waals surface area contributed by atoms with Crippen LogP contribution in [0.1, 0.15) is 0 Å². The van der Waals surface area contributed by atoms with Gasteiger partial charge >= 0.3 is 0 Å². The number of nitrogens with zero attached hydrogens (tertiary/aromatic N) is 4. The molecule has 6 nitrogen and oxygen atoms in total. The van der Waals surface area contributed by atoms with Crippen LogP contribution in [0.25, 0.3) is 16.2 Å². The summed E-state index contributed by atoms with van der Waals surface area (Å²) in [5, 5.41) is 15.0. The number of fused-ring (bicyclic) bond motifs is 1. The van der Waals surface area contributed by atoms with Gasteiger partial charge in [-0.15, -0.1) is 21.5 Å². The Morgan fingerprint density at radius 3 is 3.00 bits per heavy atom. The third-order valence-electron chi connectivity index (χ3n) is 2.35. The maximum Gasteiger partial charge on any atom is 0.227 e. The molecule has 0 unspecified atom stereocenters. The minimum absolute atomic E-state index is 0.158. The van der Waals surface area contributed by atoms with Crippen molar-refractivity contribution >= 4 is 34.7 Å². The molecule has 3 aromatic rings. The largest absolute Gasteiger partial charge is 0.369 e. The summed E-state index contributed by atoms with van der Waals surface area (Å²) in [5.41, 5.74) is 6.62. The van der Waals surface area contributed by atoms with E-state index in [0.29, 0.717) is 10.8 Å². The van der Waals surface area contributed by atoms with Crippen LogP contribution in [0.2, 0.25) is 0 Å². The van der Waals surface area contributed by atoms with Gasteiger partial charge < -0.3 is 5.73 Å². The molecule has 0 radical (unpaired) electrons. The van der Waals surface area contributed by atoms with Gasteiger partial charge in [-0.2, -0.15) is 9.61 Å². The molecule has 0 aromatic carbocycles. The van der Waals surface area contributed by atoms with Crippen molar-refractivity contribution < 1.29 is 4.79 Å². The summed E-state index contributed by atoms with van der Waals surface area (Å²) in [6.07, 6.45) is 0. The summed E-state index contributed by atoms with van der Waals surface area (Å²) in [6.45, 7) is 0. The second kappa shape index (κ2) is 4.98. The summed E-state index contributed by atoms with van der Waals surface area (Å²) < 4.78 is 1.63. The Kier molecular flexibility index (Phi) is 3.18. The molecule has 0 atom stereocenters. The fraction of sp³-hybridized carbons (Fsp3) is 0.0909. The molecule has 0 aliphatic heterocycles. The Morgan fingerprint density at radius 1 is 1.37 bits per heavy atom. The average Bonchev–Trinajstić information content (AvgIpc) is 3.05. The molecular weight excluding hydrogens is 282 g/mol. The zero-order chi connectivity index (χ0) is 13.2. The topological polar surface area (TPSA) is 86.2 Å². The molecule has 0 spiro atoms. The molecule has 0 fully saturated rings. The van der Waals surface area contributed by atoms with Gasteiger partial charge in [-0.1, -0.05) is 17.8 Å². The zero-order valence-corrected chi connectivity index (χ0v) is 11.3. The maximum atomic E-state index is 10.8. The lowest BCUT2D eigenvalue weighted by Crippen LogP contribution is -2.13. The highest BCUT2D eigenvalue weighted by atomic mass is 32.2. The fourth-order valence-electron chi connectivity index (χ4n) is 1.55. The van der Waals surface area contributed by atoms with Crippen LogP contribution in [0.3, 0.4) is 0 Å². The lowest BCUT2D eigenvalue weighted by atomic mass is 10.3. The summed E-state index contributed by atoms with van der Waals surface area (Å²) in [5.74, 6) is -0.234. The van der Waals surface area contributed by atoms with Crippen molar-refractivity contribution in [3.63, 3.8) is 0 Å². The van der Waals surface area contributed by atoms with Crippen LogP contribution in [0.15, 0.2) is 34.8 Å². The fourth-order valence-corrected chi connectivity index (χ4v) is 2.87. The molecule has 0 saturated carbocycles. The quantitative estimate of drug-likeness (QED) is 0.735. The molecule has 0 aliphatic carbocycles. The lowest BCUT2D eigenvalue weighted by molar-refractivity contribution is -0.115. The van der Waals surface area contributed by atoms with E-state index < -0.39 is 5.91 Å². The third kappa shape index (κ3) is 2.45. The number of aromatic nitrogens is 4. The number of primary amides is 1. The van der Waals surface area contributed by atoms with E-state index in [4.69, 9.17) is 5.73 Å². The molecule has 19 heavy (non-hydrogen) atoms. The summed E-state index contributed by atoms with van der Waals surface area (Å²) in [7, 11) is 0. The van der Waals surface area contributed by atoms with Gasteiger partial charge in [0.15, 0.2) is 5.65 Å². The van der Waals surface area contributed by atoms with Crippen molar-refractivity contribution in [2.24, 2.45) is 5.73 Å². The first-order chi connectivity index (χ1) is 9.24. The van der Waals surface area contributed by atoms with E-state index in [2.05, 4.69) is 15.3 Å². The molecule has 96 valence electrons. The van der Waals surface area contributed by atoms with Crippen LogP contribution in [0.5, 0.6) is 0 Å². The van der Waals surface area contributed by atoms with Crippen molar-refractivity contribution in [1.82, 2.24) is 19.8 Å². The molecule has 3 rings (SSSR count). The van der Waals surface area contributed by atoms with Crippen molar-refractivity contribution in [2.75, 3.05) is 5.75 Å². The first-order valence-corrected chi connectivity index (χ1v) is 7.28. The van der Waals surface area contributed by atoms with Crippen molar-refractivity contribution in [3.8, 4) is 10.6 Å². The molecule has 2 N–H and O–H groups in total. The van der Waals surface area contributed by atoms with E-state index in [9.17, 15) is 4.79 Å². The van der Waals surface area contributed by atoms with Gasteiger partial charge in [0, 0.05) is 0 Å². The van der Waals surface area contributed by atoms with Gasteiger partial charge in [0.2, 0.25) is 11.1 Å². The predicted octanol–water partition coefficient (Wildman–Crippen LogP) is 1.43. The number of rotatable bonds is 4.